The van der Waals surface area contributed by atoms with Gasteiger partial charge >= 0.3 is 0 Å². The van der Waals surface area contributed by atoms with E-state index in [2.05, 4.69) is 61.5 Å². The van der Waals surface area contributed by atoms with E-state index in [4.69, 9.17) is 28.4 Å². The first-order chi connectivity index (χ1) is 28.4. The second-order valence-electron chi connectivity index (χ2n) is 22.8. The van der Waals surface area contributed by atoms with Crippen molar-refractivity contribution < 1.29 is 74.4 Å². The fraction of sp³-hybridized carbons (Fsp3) is 0.957. The zero-order valence-electron chi connectivity index (χ0n) is 37.4. The van der Waals surface area contributed by atoms with E-state index in [-0.39, 0.29) is 58.4 Å². The summed E-state index contributed by atoms with van der Waals surface area (Å²) in [6.45, 7) is 17.7. The molecule has 8 rings (SSSR count). The maximum absolute atomic E-state index is 12.1. The molecule has 3 aliphatic heterocycles. The molecule has 4 unspecified atom stereocenters. The molecular formula is C46H76O15. The molecule has 0 radical (unpaired) electrons. The van der Waals surface area contributed by atoms with Crippen LogP contribution in [0.5, 0.6) is 0 Å². The summed E-state index contributed by atoms with van der Waals surface area (Å²) in [5.41, 5.74) is 1.09. The number of hydrogen-bond donors (Lipinski definition) is 9. The molecule has 9 N–H and O–H groups in total. The summed E-state index contributed by atoms with van der Waals surface area (Å²) in [7, 11) is 0. The summed E-state index contributed by atoms with van der Waals surface area (Å²) < 4.78 is 36.8. The number of fused-ring (bicyclic) bond motifs is 7. The van der Waals surface area contributed by atoms with E-state index in [1.165, 1.54) is 0 Å². The molecule has 7 fully saturated rings. The van der Waals surface area contributed by atoms with Gasteiger partial charge < -0.3 is 74.4 Å². The minimum absolute atomic E-state index is 0.0249. The van der Waals surface area contributed by atoms with Crippen LogP contribution in [0.3, 0.4) is 0 Å². The number of aliphatic hydroxyl groups excluding tert-OH is 9. The largest absolute Gasteiger partial charge is 0.394 e. The van der Waals surface area contributed by atoms with Gasteiger partial charge in [-0.15, -0.1) is 0 Å². The Morgan fingerprint density at radius 1 is 0.623 bits per heavy atom. The van der Waals surface area contributed by atoms with E-state index in [9.17, 15) is 46.0 Å². The summed E-state index contributed by atoms with van der Waals surface area (Å²) in [4.78, 5) is 0. The Kier molecular flexibility index (Phi) is 12.4. The number of ether oxygens (including phenoxy) is 6. The molecule has 0 aromatic rings. The lowest BCUT2D eigenvalue weighted by atomic mass is 9.33. The fourth-order valence-electron chi connectivity index (χ4n) is 14.5. The van der Waals surface area contributed by atoms with Crippen molar-refractivity contribution in [1.29, 1.82) is 0 Å². The van der Waals surface area contributed by atoms with Gasteiger partial charge in [-0.1, -0.05) is 67.0 Å². The molecule has 15 heteroatoms. The first kappa shape index (κ1) is 46.7. The predicted octanol–water partition coefficient (Wildman–Crippen LogP) is 1.89. The van der Waals surface area contributed by atoms with Gasteiger partial charge in [-0.3, -0.25) is 0 Å². The van der Waals surface area contributed by atoms with E-state index in [1.807, 2.05) is 0 Å². The number of aliphatic hydroxyl groups is 9. The van der Waals surface area contributed by atoms with E-state index in [1.54, 1.807) is 5.57 Å². The highest BCUT2D eigenvalue weighted by molar-refractivity contribution is 5.34. The average molecular weight is 869 g/mol. The van der Waals surface area contributed by atoms with E-state index in [0.29, 0.717) is 18.3 Å². The topological polar surface area (TPSA) is 237 Å². The highest BCUT2D eigenvalue weighted by Crippen LogP contribution is 2.76. The lowest BCUT2D eigenvalue weighted by molar-refractivity contribution is -0.385. The first-order valence-corrected chi connectivity index (χ1v) is 23.0. The van der Waals surface area contributed by atoms with Crippen molar-refractivity contribution in [2.24, 2.45) is 50.2 Å². The Bertz CT molecular complexity index is 1620. The Balaban J connectivity index is 1.06. The molecule has 5 aliphatic carbocycles. The quantitative estimate of drug-likeness (QED) is 0.131. The summed E-state index contributed by atoms with van der Waals surface area (Å²) in [5.74, 6) is 0.976. The summed E-state index contributed by atoms with van der Waals surface area (Å²) in [6, 6.07) is 0. The maximum atomic E-state index is 12.1. The minimum atomic E-state index is -1.79. The Labute approximate surface area is 360 Å². The third-order valence-corrected chi connectivity index (χ3v) is 18.7. The van der Waals surface area contributed by atoms with Gasteiger partial charge in [0, 0.05) is 5.41 Å². The number of hydrogen-bond acceptors (Lipinski definition) is 15. The van der Waals surface area contributed by atoms with Crippen molar-refractivity contribution in [2.45, 2.75) is 205 Å². The lowest BCUT2D eigenvalue weighted by Crippen LogP contribution is -2.67. The zero-order valence-corrected chi connectivity index (χ0v) is 37.4. The molecule has 0 amide bonds. The molecule has 3 saturated heterocycles. The molecule has 22 atom stereocenters. The summed E-state index contributed by atoms with van der Waals surface area (Å²) >= 11 is 0. The van der Waals surface area contributed by atoms with Crippen LogP contribution in [-0.4, -0.2) is 158 Å². The van der Waals surface area contributed by atoms with Crippen LogP contribution in [0.1, 0.15) is 113 Å². The van der Waals surface area contributed by atoms with Crippen molar-refractivity contribution in [3.05, 3.63) is 11.6 Å². The van der Waals surface area contributed by atoms with Gasteiger partial charge in [-0.2, -0.15) is 0 Å². The van der Waals surface area contributed by atoms with Crippen LogP contribution in [-0.2, 0) is 28.4 Å². The van der Waals surface area contributed by atoms with Crippen molar-refractivity contribution in [2.75, 3.05) is 19.8 Å². The van der Waals surface area contributed by atoms with E-state index in [0.717, 1.165) is 51.4 Å². The van der Waals surface area contributed by atoms with Gasteiger partial charge in [0.2, 0.25) is 0 Å². The van der Waals surface area contributed by atoms with Crippen molar-refractivity contribution in [3.8, 4) is 0 Å². The van der Waals surface area contributed by atoms with Crippen LogP contribution in [0.2, 0.25) is 0 Å². The molecule has 15 nitrogen and oxygen atoms in total. The van der Waals surface area contributed by atoms with Crippen LogP contribution in [0, 0.1) is 50.2 Å². The fourth-order valence-corrected chi connectivity index (χ4v) is 14.5. The second kappa shape index (κ2) is 16.2. The van der Waals surface area contributed by atoms with Crippen molar-refractivity contribution in [3.63, 3.8) is 0 Å². The highest BCUT2D eigenvalue weighted by Gasteiger charge is 2.69. The average Bonchev–Trinajstić information content (AvgIpc) is 3.19. The van der Waals surface area contributed by atoms with Crippen LogP contribution in [0.4, 0.5) is 0 Å². The number of rotatable bonds is 7. The molecule has 61 heavy (non-hydrogen) atoms. The molecule has 0 aromatic carbocycles. The van der Waals surface area contributed by atoms with Crippen LogP contribution < -0.4 is 0 Å². The highest BCUT2D eigenvalue weighted by atomic mass is 16.8. The van der Waals surface area contributed by atoms with Crippen molar-refractivity contribution >= 4 is 0 Å². The smallest absolute Gasteiger partial charge is 0.187 e. The molecule has 8 aliphatic rings. The molecule has 350 valence electrons. The standard InChI is InChI=1S/C46H76O15/c1-41(2)15-16-43(5)23(17-41)22-9-10-28-44(6)13-12-30(42(3,4)27(44)11-14-45(28,7)46(22,8)18-29(43)50)59-40-37(61-39-35(55)33(53)32(52)26(19-47)58-39)36(25(49)21-57-40)60-38-34(54)31(51)24(48)20-56-38/h9,23-40,47-55H,10-21H2,1-8H3/t23?,24-,25+,26+,27?,28?,29-,30?,31-,32+,33-,34+,35+,36-,37+,38-,39-,40-,43-,44-,45+,46+/m0/s1. The first-order valence-electron chi connectivity index (χ1n) is 23.0. The molecule has 0 aromatic heterocycles. The lowest BCUT2D eigenvalue weighted by Gasteiger charge is -2.72. The SMILES string of the molecule is CC1(C)CC[C@@]2(C)C(C1)C1=CCC3[C@@]4(C)CCC(O[C@@H]5OC[C@@H](O)[C@H](O[C@@H]6OC[C@H](O)[C@H](O)[C@H]6O)[C@H]5O[C@@H]5O[C@H](CO)[C@@H](O)[C@H](O)[C@H]5O)C(C)(C)C4CC[C@@]3(C)[C@]1(C)C[C@@H]2O. The molecule has 3 heterocycles. The van der Waals surface area contributed by atoms with Gasteiger partial charge in [0.1, 0.15) is 61.0 Å². The molecule has 0 spiro atoms. The van der Waals surface area contributed by atoms with Gasteiger partial charge in [0.15, 0.2) is 18.9 Å². The molecular weight excluding hydrogens is 792 g/mol. The zero-order chi connectivity index (χ0) is 44.4. The van der Waals surface area contributed by atoms with Crippen molar-refractivity contribution in [1.82, 2.24) is 0 Å². The predicted molar refractivity (Wildman–Crippen MR) is 218 cm³/mol. The van der Waals surface area contributed by atoms with Crippen LogP contribution in [0.25, 0.3) is 0 Å². The van der Waals surface area contributed by atoms with Gasteiger partial charge in [0.05, 0.1) is 32.0 Å². The Hall–Kier alpha value is -0.860. The third kappa shape index (κ3) is 7.34. The minimum Gasteiger partial charge on any atom is -0.394 e. The summed E-state index contributed by atoms with van der Waals surface area (Å²) in [6.07, 6.45) is -9.22. The van der Waals surface area contributed by atoms with Gasteiger partial charge in [0.25, 0.3) is 0 Å². The normalized spacial score (nSPS) is 55.6. The Morgan fingerprint density at radius 3 is 1.98 bits per heavy atom. The number of allylic oxidation sites excluding steroid dienone is 2. The monoisotopic (exact) mass is 869 g/mol. The van der Waals surface area contributed by atoms with Gasteiger partial charge in [-0.05, 0) is 103 Å². The second-order valence-corrected chi connectivity index (χ2v) is 22.8. The van der Waals surface area contributed by atoms with E-state index < -0.39 is 91.9 Å². The Morgan fingerprint density at radius 2 is 1.28 bits per heavy atom. The van der Waals surface area contributed by atoms with Crippen LogP contribution >= 0.6 is 0 Å². The maximum Gasteiger partial charge on any atom is 0.187 e. The third-order valence-electron chi connectivity index (χ3n) is 18.7. The molecule has 0 bridgehead atoms. The van der Waals surface area contributed by atoms with Gasteiger partial charge in [-0.25, -0.2) is 0 Å². The summed E-state index contributed by atoms with van der Waals surface area (Å²) in [5, 5.41) is 96.8. The molecule has 4 saturated carbocycles. The van der Waals surface area contributed by atoms with E-state index >= 15 is 0 Å². The van der Waals surface area contributed by atoms with Crippen LogP contribution in [0.15, 0.2) is 11.6 Å².